The van der Waals surface area contributed by atoms with Crippen LogP contribution < -0.4 is 4.74 Å². The number of rotatable bonds is 9. The Morgan fingerprint density at radius 2 is 1.89 bits per heavy atom. The first-order valence-electron chi connectivity index (χ1n) is 12.8. The molecule has 2 aromatic rings. The molecule has 2 fully saturated rings. The molecule has 2 aromatic carbocycles. The molecule has 37 heavy (non-hydrogen) atoms. The maximum atomic E-state index is 13.3. The minimum absolute atomic E-state index is 0.115. The van der Waals surface area contributed by atoms with Crippen LogP contribution in [-0.2, 0) is 14.3 Å². The van der Waals surface area contributed by atoms with Gasteiger partial charge in [-0.1, -0.05) is 41.9 Å². The van der Waals surface area contributed by atoms with Gasteiger partial charge in [-0.2, -0.15) is 0 Å². The number of morpholine rings is 1. The predicted molar refractivity (Wildman–Crippen MR) is 147 cm³/mol. The molecule has 0 aliphatic carbocycles. The topological polar surface area (TPSA) is 79.3 Å². The zero-order valence-electron chi connectivity index (χ0n) is 21.7. The van der Waals surface area contributed by atoms with Gasteiger partial charge in [0.05, 0.1) is 31.4 Å². The summed E-state index contributed by atoms with van der Waals surface area (Å²) in [5.74, 6) is -0.291. The van der Waals surface area contributed by atoms with E-state index in [0.717, 1.165) is 47.4 Å². The molecular weight excluding hydrogens is 536 g/mol. The molecule has 2 heterocycles. The molecule has 0 spiro atoms. The van der Waals surface area contributed by atoms with E-state index >= 15 is 0 Å². The fourth-order valence-corrected chi connectivity index (χ4v) is 5.21. The zero-order valence-corrected chi connectivity index (χ0v) is 23.3. The van der Waals surface area contributed by atoms with Crippen LogP contribution in [0.25, 0.3) is 5.76 Å². The number of Topliss-reactive ketones (excluding diaryl/α,β-unsaturated/α-hetero) is 1. The van der Waals surface area contributed by atoms with Crippen molar-refractivity contribution in [1.29, 1.82) is 0 Å². The van der Waals surface area contributed by atoms with Crippen LogP contribution in [0.4, 0.5) is 0 Å². The molecule has 1 atom stereocenters. The summed E-state index contributed by atoms with van der Waals surface area (Å²) in [6, 6.07) is 12.2. The number of aliphatic hydroxyl groups is 1. The Labute approximate surface area is 227 Å². The molecule has 1 N–H and O–H groups in total. The molecule has 2 aliphatic heterocycles. The summed E-state index contributed by atoms with van der Waals surface area (Å²) < 4.78 is 12.1. The average Bonchev–Trinajstić information content (AvgIpc) is 3.13. The van der Waals surface area contributed by atoms with E-state index in [0.29, 0.717) is 37.8 Å². The third-order valence-electron chi connectivity index (χ3n) is 6.70. The van der Waals surface area contributed by atoms with Gasteiger partial charge in [-0.05, 0) is 60.7 Å². The predicted octanol–water partition coefficient (Wildman–Crippen LogP) is 4.94. The Bertz CT molecular complexity index is 1170. The van der Waals surface area contributed by atoms with Crippen molar-refractivity contribution in [2.45, 2.75) is 33.2 Å². The van der Waals surface area contributed by atoms with Gasteiger partial charge in [0.25, 0.3) is 11.7 Å². The normalized spacial score (nSPS) is 20.1. The van der Waals surface area contributed by atoms with Crippen molar-refractivity contribution in [3.05, 3.63) is 69.2 Å². The summed E-state index contributed by atoms with van der Waals surface area (Å²) in [5.41, 5.74) is 2.23. The van der Waals surface area contributed by atoms with Crippen molar-refractivity contribution in [1.82, 2.24) is 9.80 Å². The van der Waals surface area contributed by atoms with E-state index in [1.165, 1.54) is 0 Å². The summed E-state index contributed by atoms with van der Waals surface area (Å²) >= 11 is 3.51. The number of hydrogen-bond donors (Lipinski definition) is 1. The van der Waals surface area contributed by atoms with Crippen molar-refractivity contribution < 1.29 is 24.2 Å². The van der Waals surface area contributed by atoms with E-state index in [4.69, 9.17) is 9.47 Å². The number of hydrogen-bond acceptors (Lipinski definition) is 6. The molecule has 7 nitrogen and oxygen atoms in total. The molecule has 0 saturated carbocycles. The van der Waals surface area contributed by atoms with E-state index in [9.17, 15) is 14.7 Å². The van der Waals surface area contributed by atoms with Crippen LogP contribution in [0.1, 0.15) is 43.0 Å². The first-order chi connectivity index (χ1) is 17.8. The first-order valence-corrected chi connectivity index (χ1v) is 13.6. The maximum absolute atomic E-state index is 13.3. The maximum Gasteiger partial charge on any atom is 0.295 e. The lowest BCUT2D eigenvalue weighted by Gasteiger charge is -2.29. The number of ketones is 1. The summed E-state index contributed by atoms with van der Waals surface area (Å²) in [6.45, 7) is 11.0. The van der Waals surface area contributed by atoms with E-state index in [-0.39, 0.29) is 11.3 Å². The summed E-state index contributed by atoms with van der Waals surface area (Å²) in [4.78, 5) is 30.5. The highest BCUT2D eigenvalue weighted by Gasteiger charge is 2.45. The molecule has 0 bridgehead atoms. The third-order valence-corrected chi connectivity index (χ3v) is 7.20. The number of halogens is 1. The molecule has 4 rings (SSSR count). The van der Waals surface area contributed by atoms with Crippen LogP contribution in [0.3, 0.4) is 0 Å². The quantitative estimate of drug-likeness (QED) is 0.261. The number of benzene rings is 2. The minimum atomic E-state index is -0.667. The second-order valence-corrected chi connectivity index (χ2v) is 11.0. The van der Waals surface area contributed by atoms with Crippen LogP contribution in [-0.4, -0.2) is 72.6 Å². The second-order valence-electron chi connectivity index (χ2n) is 10.0. The van der Waals surface area contributed by atoms with Crippen LogP contribution in [0.2, 0.25) is 0 Å². The van der Waals surface area contributed by atoms with Crippen molar-refractivity contribution in [3.8, 4) is 5.75 Å². The van der Waals surface area contributed by atoms with Crippen molar-refractivity contribution in [3.63, 3.8) is 0 Å². The van der Waals surface area contributed by atoms with Gasteiger partial charge in [0.1, 0.15) is 11.5 Å². The number of aliphatic hydroxyl groups excluding tert-OH is 1. The smallest absolute Gasteiger partial charge is 0.295 e. The average molecular weight is 572 g/mol. The monoisotopic (exact) mass is 570 g/mol. The van der Waals surface area contributed by atoms with Gasteiger partial charge in [-0.25, -0.2) is 0 Å². The Morgan fingerprint density at radius 1 is 1.14 bits per heavy atom. The number of carbonyl (C=O) groups is 2. The van der Waals surface area contributed by atoms with E-state index in [1.54, 1.807) is 23.1 Å². The molecule has 1 amide bonds. The summed E-state index contributed by atoms with van der Waals surface area (Å²) in [7, 11) is 0. The molecule has 2 aliphatic rings. The van der Waals surface area contributed by atoms with Gasteiger partial charge in [0, 0.05) is 36.2 Å². The fraction of sp³-hybridized carbons (Fsp3) is 0.448. The SMILES string of the molecule is Cc1cc(C(O)=C2C(=O)C(=O)N(CCCN3CCOCC3)[C@H]2c2cccc(Br)c2)ccc1OCC(C)C. The van der Waals surface area contributed by atoms with Crippen LogP contribution >= 0.6 is 15.9 Å². The van der Waals surface area contributed by atoms with Gasteiger partial charge < -0.3 is 19.5 Å². The first kappa shape index (κ1) is 27.4. The number of aryl methyl sites for hydroxylation is 1. The Kier molecular flexibility index (Phi) is 9.05. The molecular formula is C29H35BrN2O5. The van der Waals surface area contributed by atoms with Crippen molar-refractivity contribution in [2.24, 2.45) is 5.92 Å². The van der Waals surface area contributed by atoms with Crippen molar-refractivity contribution >= 4 is 33.4 Å². The number of nitrogens with zero attached hydrogens (tertiary/aromatic N) is 2. The molecule has 0 unspecified atom stereocenters. The molecule has 0 radical (unpaired) electrons. The minimum Gasteiger partial charge on any atom is -0.507 e. The molecule has 2 saturated heterocycles. The second kappa shape index (κ2) is 12.2. The van der Waals surface area contributed by atoms with Crippen LogP contribution in [0, 0.1) is 12.8 Å². The molecule has 0 aromatic heterocycles. The van der Waals surface area contributed by atoms with Crippen molar-refractivity contribution in [2.75, 3.05) is 46.0 Å². The summed E-state index contributed by atoms with van der Waals surface area (Å²) in [5, 5.41) is 11.4. The molecule has 198 valence electrons. The van der Waals surface area contributed by atoms with Crippen LogP contribution in [0.15, 0.2) is 52.5 Å². The Hall–Kier alpha value is -2.68. The number of carbonyl (C=O) groups excluding carboxylic acids is 2. The Balaban J connectivity index is 1.66. The molecule has 8 heteroatoms. The standard InChI is InChI=1S/C29H35BrN2O5/c1-19(2)18-37-24-9-8-22(16-20(24)3)27(33)25-26(21-6-4-7-23(30)17-21)32(29(35)28(25)34)11-5-10-31-12-14-36-15-13-31/h4,6-9,16-17,19,26,33H,5,10-15,18H2,1-3H3/t26-/m0/s1. The van der Waals surface area contributed by atoms with Gasteiger partial charge in [0.15, 0.2) is 0 Å². The van der Waals surface area contributed by atoms with Gasteiger partial charge in [-0.3, -0.25) is 14.5 Å². The number of amides is 1. The lowest BCUT2D eigenvalue weighted by molar-refractivity contribution is -0.140. The summed E-state index contributed by atoms with van der Waals surface area (Å²) in [6.07, 6.45) is 0.721. The highest BCUT2D eigenvalue weighted by molar-refractivity contribution is 9.10. The number of likely N-dealkylation sites (tertiary alicyclic amines) is 1. The van der Waals surface area contributed by atoms with E-state index in [2.05, 4.69) is 34.7 Å². The Morgan fingerprint density at radius 3 is 2.57 bits per heavy atom. The fourth-order valence-electron chi connectivity index (χ4n) is 4.79. The van der Waals surface area contributed by atoms with Crippen LogP contribution in [0.5, 0.6) is 5.75 Å². The zero-order chi connectivity index (χ0) is 26.5. The lowest BCUT2D eigenvalue weighted by atomic mass is 9.94. The lowest BCUT2D eigenvalue weighted by Crippen LogP contribution is -2.38. The highest BCUT2D eigenvalue weighted by atomic mass is 79.9. The number of ether oxygens (including phenoxy) is 2. The van der Waals surface area contributed by atoms with Gasteiger partial charge in [-0.15, -0.1) is 0 Å². The highest BCUT2D eigenvalue weighted by Crippen LogP contribution is 2.40. The largest absolute Gasteiger partial charge is 0.507 e. The van der Waals surface area contributed by atoms with Gasteiger partial charge >= 0.3 is 0 Å². The van der Waals surface area contributed by atoms with E-state index in [1.807, 2.05) is 31.2 Å². The third kappa shape index (κ3) is 6.43. The van der Waals surface area contributed by atoms with Gasteiger partial charge in [0.2, 0.25) is 0 Å². The van der Waals surface area contributed by atoms with E-state index < -0.39 is 17.7 Å².